The Balaban J connectivity index is 0.000000597. The first kappa shape index (κ1) is 21.3. The Kier molecular flexibility index (Phi) is 6.66. The summed E-state index contributed by atoms with van der Waals surface area (Å²) < 4.78 is 26.1. The van der Waals surface area contributed by atoms with Crippen molar-refractivity contribution in [3.05, 3.63) is 59.7 Å². The maximum absolute atomic E-state index is 12.6. The minimum atomic E-state index is -4.25. The van der Waals surface area contributed by atoms with Gasteiger partial charge in [0.25, 0.3) is 0 Å². The number of carboxylic acid groups (broad SMARTS) is 2. The molecule has 8 heteroatoms. The summed E-state index contributed by atoms with van der Waals surface area (Å²) in [5.41, 5.74) is -0.810. The van der Waals surface area contributed by atoms with Crippen LogP contribution in [-0.4, -0.2) is 63.2 Å². The van der Waals surface area contributed by atoms with E-state index in [2.05, 4.69) is 28.2 Å². The van der Waals surface area contributed by atoms with Crippen molar-refractivity contribution in [1.29, 1.82) is 0 Å². The fourth-order valence-corrected chi connectivity index (χ4v) is 3.52. The van der Waals surface area contributed by atoms with E-state index < -0.39 is 42.7 Å². The number of benzene rings is 2. The van der Waals surface area contributed by atoms with Gasteiger partial charge < -0.3 is 14.7 Å². The van der Waals surface area contributed by atoms with E-state index in [1.807, 2.05) is 0 Å². The van der Waals surface area contributed by atoms with E-state index in [1.165, 1.54) is 24.3 Å². The molecule has 0 spiro atoms. The molecule has 0 radical (unpaired) electrons. The molecule has 0 saturated carbocycles. The molecule has 0 amide bonds. The Morgan fingerprint density at radius 2 is 1.00 bits per heavy atom. The third kappa shape index (κ3) is 5.68. The minimum absolute atomic E-state index is 0.405. The minimum Gasteiger partial charge on any atom is -0.478 e. The summed E-state index contributed by atoms with van der Waals surface area (Å²) in [5.74, 6) is -2.80. The molecular weight excluding hydrogens is 358 g/mol. The normalized spacial score (nSPS) is 11.2. The van der Waals surface area contributed by atoms with Crippen LogP contribution in [0.4, 0.5) is 0 Å². The van der Waals surface area contributed by atoms with Crippen LogP contribution in [0.5, 0.6) is 0 Å². The van der Waals surface area contributed by atoms with E-state index in [0.717, 1.165) is 28.7 Å². The molecule has 0 aliphatic rings. The van der Waals surface area contributed by atoms with Crippen molar-refractivity contribution in [3.8, 4) is 0 Å². The molecule has 0 fully saturated rings. The van der Waals surface area contributed by atoms with E-state index in [1.54, 1.807) is 0 Å². The highest BCUT2D eigenvalue weighted by Crippen LogP contribution is 2.26. The Bertz CT molecular complexity index is 844. The second kappa shape index (κ2) is 8.11. The highest BCUT2D eigenvalue weighted by atomic mass is 32.2. The molecule has 2 aromatic carbocycles. The third-order valence-corrected chi connectivity index (χ3v) is 4.68. The van der Waals surface area contributed by atoms with Crippen LogP contribution in [0.1, 0.15) is 20.7 Å². The molecule has 2 aromatic rings. The number of aromatic carboxylic acids is 2. The smallest absolute Gasteiger partial charge is 0.337 e. The monoisotopic (exact) mass is 380 g/mol. The summed E-state index contributed by atoms with van der Waals surface area (Å²) in [4.78, 5) is 21.4. The fraction of sp³-hybridized carbons (Fsp3) is 0.222. The van der Waals surface area contributed by atoms with Gasteiger partial charge in [0.2, 0.25) is 9.84 Å². The summed E-state index contributed by atoms with van der Waals surface area (Å²) in [6.07, 6.45) is 0. The lowest BCUT2D eigenvalue weighted by Gasteiger charge is -2.14. The largest absolute Gasteiger partial charge is 0.478 e. The molecule has 0 aliphatic heterocycles. The number of sulfone groups is 1. The predicted molar refractivity (Wildman–Crippen MR) is 96.2 cm³/mol. The van der Waals surface area contributed by atoms with Gasteiger partial charge >= 0.3 is 11.9 Å². The SMILES string of the molecule is C[N+](C)(C)C.O=C(O)c1ccccc1S(=O)(=O)c1ccccc1C(=O)O. The van der Waals surface area contributed by atoms with Crippen molar-refractivity contribution in [2.24, 2.45) is 0 Å². The molecule has 140 valence electrons. The van der Waals surface area contributed by atoms with Gasteiger partial charge in [0, 0.05) is 0 Å². The van der Waals surface area contributed by atoms with Gasteiger partial charge in [0.05, 0.1) is 49.1 Å². The fourth-order valence-electron chi connectivity index (χ4n) is 1.87. The van der Waals surface area contributed by atoms with Crippen LogP contribution >= 0.6 is 0 Å². The van der Waals surface area contributed by atoms with Gasteiger partial charge in [-0.05, 0) is 24.3 Å². The molecule has 0 aromatic heterocycles. The molecule has 0 unspecified atom stereocenters. The summed E-state index contributed by atoms with van der Waals surface area (Å²) in [6, 6.07) is 10.1. The van der Waals surface area contributed by atoms with Gasteiger partial charge in [-0.15, -0.1) is 0 Å². The van der Waals surface area contributed by atoms with E-state index in [0.29, 0.717) is 0 Å². The number of hydrogen-bond acceptors (Lipinski definition) is 4. The van der Waals surface area contributed by atoms with E-state index >= 15 is 0 Å². The number of quaternary nitrogens is 1. The van der Waals surface area contributed by atoms with Crippen molar-refractivity contribution < 1.29 is 32.7 Å². The molecule has 2 rings (SSSR count). The number of nitrogens with zero attached hydrogens (tertiary/aromatic N) is 1. The Morgan fingerprint density at radius 3 is 1.27 bits per heavy atom. The van der Waals surface area contributed by atoms with Crippen molar-refractivity contribution in [3.63, 3.8) is 0 Å². The maximum Gasteiger partial charge on any atom is 0.337 e. The number of hydrogen-bond donors (Lipinski definition) is 2. The van der Waals surface area contributed by atoms with Crippen molar-refractivity contribution in [2.75, 3.05) is 28.2 Å². The molecule has 0 saturated heterocycles. The maximum atomic E-state index is 12.6. The lowest BCUT2D eigenvalue weighted by molar-refractivity contribution is -0.849. The van der Waals surface area contributed by atoms with Crippen LogP contribution in [0.25, 0.3) is 0 Å². The molecule has 0 aliphatic carbocycles. The summed E-state index contributed by atoms with van der Waals surface area (Å²) >= 11 is 0. The Labute approximate surface area is 152 Å². The zero-order valence-electron chi connectivity index (χ0n) is 15.0. The van der Waals surface area contributed by atoms with Crippen LogP contribution in [0.3, 0.4) is 0 Å². The van der Waals surface area contributed by atoms with Crippen molar-refractivity contribution in [1.82, 2.24) is 0 Å². The average Bonchev–Trinajstić information content (AvgIpc) is 2.53. The number of carboxylic acids is 2. The van der Waals surface area contributed by atoms with E-state index in [4.69, 9.17) is 10.2 Å². The van der Waals surface area contributed by atoms with E-state index in [9.17, 15) is 18.0 Å². The highest BCUT2D eigenvalue weighted by Gasteiger charge is 2.27. The molecule has 0 heterocycles. The second-order valence-corrected chi connectivity index (χ2v) is 8.68. The average molecular weight is 380 g/mol. The Hall–Kier alpha value is -2.71. The topological polar surface area (TPSA) is 109 Å². The van der Waals surface area contributed by atoms with Gasteiger partial charge in [0.1, 0.15) is 0 Å². The first-order valence-corrected chi connectivity index (χ1v) is 9.02. The van der Waals surface area contributed by atoms with Gasteiger partial charge in [-0.3, -0.25) is 0 Å². The summed E-state index contributed by atoms with van der Waals surface area (Å²) in [6.45, 7) is 0. The van der Waals surface area contributed by atoms with Gasteiger partial charge in [-0.1, -0.05) is 24.3 Å². The zero-order valence-corrected chi connectivity index (χ0v) is 15.8. The van der Waals surface area contributed by atoms with Crippen molar-refractivity contribution in [2.45, 2.75) is 9.79 Å². The molecule has 7 nitrogen and oxygen atoms in total. The van der Waals surface area contributed by atoms with Crippen LogP contribution in [0.15, 0.2) is 58.3 Å². The van der Waals surface area contributed by atoms with Gasteiger partial charge in [0.15, 0.2) is 0 Å². The standard InChI is InChI=1S/C14H10O6S.C4H12N/c15-13(16)9-5-1-3-7-11(9)21(19,20)12-8-4-2-6-10(12)14(17)18;1-5(2,3)4/h1-8H,(H,15,16)(H,17,18);1-4H3/q;+1. The number of rotatable bonds is 4. The third-order valence-electron chi connectivity index (χ3n) is 2.81. The van der Waals surface area contributed by atoms with Crippen LogP contribution in [-0.2, 0) is 9.84 Å². The van der Waals surface area contributed by atoms with Crippen LogP contribution in [0.2, 0.25) is 0 Å². The highest BCUT2D eigenvalue weighted by molar-refractivity contribution is 7.91. The number of carbonyl (C=O) groups is 2. The summed E-state index contributed by atoms with van der Waals surface area (Å²) in [5, 5.41) is 18.1. The van der Waals surface area contributed by atoms with E-state index in [-0.39, 0.29) is 0 Å². The Morgan fingerprint density at radius 1 is 0.731 bits per heavy atom. The molecule has 26 heavy (non-hydrogen) atoms. The van der Waals surface area contributed by atoms with Crippen LogP contribution in [0, 0.1) is 0 Å². The molecule has 2 N–H and O–H groups in total. The summed E-state index contributed by atoms with van der Waals surface area (Å²) in [7, 11) is 4.25. The molecule has 0 bridgehead atoms. The zero-order chi connectivity index (χ0) is 20.1. The lowest BCUT2D eigenvalue weighted by Crippen LogP contribution is -2.27. The quantitative estimate of drug-likeness (QED) is 0.788. The molecular formula is C18H22NO6S+. The van der Waals surface area contributed by atoms with Gasteiger partial charge in [-0.2, -0.15) is 0 Å². The van der Waals surface area contributed by atoms with Crippen LogP contribution < -0.4 is 0 Å². The van der Waals surface area contributed by atoms with Crippen molar-refractivity contribution >= 4 is 21.8 Å². The lowest BCUT2D eigenvalue weighted by atomic mass is 10.2. The van der Waals surface area contributed by atoms with Gasteiger partial charge in [-0.25, -0.2) is 18.0 Å². The first-order valence-electron chi connectivity index (χ1n) is 7.54. The molecule has 0 atom stereocenters. The first-order chi connectivity index (χ1) is 11.9. The predicted octanol–water partition coefficient (Wildman–Crippen LogP) is 2.24. The second-order valence-electron chi connectivity index (χ2n) is 6.79.